The molecule has 1 heterocycles. The van der Waals surface area contributed by atoms with Crippen molar-refractivity contribution in [3.05, 3.63) is 65.9 Å². The Morgan fingerprint density at radius 2 is 1.58 bits per heavy atom. The molecule has 45 heavy (non-hydrogen) atoms. The van der Waals surface area contributed by atoms with Gasteiger partial charge in [-0.2, -0.15) is 0 Å². The lowest BCUT2D eigenvalue weighted by Crippen LogP contribution is -2.60. The van der Waals surface area contributed by atoms with Crippen LogP contribution in [0, 0.1) is 0 Å². The highest BCUT2D eigenvalue weighted by molar-refractivity contribution is 5.94. The maximum Gasteiger partial charge on any atom is 0.326 e. The van der Waals surface area contributed by atoms with Crippen molar-refractivity contribution in [2.45, 2.75) is 62.9 Å². The Hall–Kier alpha value is -5.15. The fourth-order valence-electron chi connectivity index (χ4n) is 4.67. The number of benzene rings is 2. The first-order chi connectivity index (χ1) is 21.3. The average molecular weight is 625 g/mol. The zero-order chi connectivity index (χ0) is 33.1. The molecular weight excluding hydrogens is 584 g/mol. The second-order valence-electron chi connectivity index (χ2n) is 10.7. The molecule has 5 atom stereocenters. The Morgan fingerprint density at radius 1 is 0.911 bits per heavy atom. The number of hydrogen-bond acceptors (Lipinski definition) is 8. The molecule has 242 valence electrons. The van der Waals surface area contributed by atoms with Crippen LogP contribution in [-0.2, 0) is 32.0 Å². The van der Waals surface area contributed by atoms with E-state index in [4.69, 9.17) is 17.2 Å². The summed E-state index contributed by atoms with van der Waals surface area (Å²) in [6.07, 6.45) is 0.705. The molecule has 0 aliphatic carbocycles. The first-order valence-electron chi connectivity index (χ1n) is 14.3. The number of fused-ring (bicyclic) bond motifs is 1. The molecule has 2 aromatic carbocycles. The third-order valence-electron chi connectivity index (χ3n) is 7.08. The number of nitrogens with zero attached hydrogens (tertiary/aromatic N) is 1. The average Bonchev–Trinajstić information content (AvgIpc) is 3.40. The Kier molecular flexibility index (Phi) is 12.3. The number of aromatic amines is 1. The van der Waals surface area contributed by atoms with Crippen LogP contribution >= 0.6 is 0 Å². The molecule has 0 saturated heterocycles. The molecule has 3 aromatic rings. The van der Waals surface area contributed by atoms with Crippen molar-refractivity contribution in [2.24, 2.45) is 22.2 Å². The lowest BCUT2D eigenvalue weighted by Gasteiger charge is -2.26. The van der Waals surface area contributed by atoms with Gasteiger partial charge in [0.1, 0.15) is 23.9 Å². The summed E-state index contributed by atoms with van der Waals surface area (Å²) in [5.74, 6) is -3.89. The molecule has 15 heteroatoms. The Labute approximate surface area is 259 Å². The standard InChI is InChI=1S/C30H40N8O7/c1-16(39)25(28(43)37-24(29(44)45)13-17-8-10-19(40)11-9-17)38-27(42)23(7-4-12-34-30(32)33)36-26(41)21(31)14-18-15-35-22-6-3-2-5-20(18)22/h2-3,5-6,8-11,15-16,21,23-25,35,39-40H,4,7,12-14,31H2,1H3,(H,36,41)(H,37,43)(H,38,42)(H,44,45)(H4,32,33,34). The van der Waals surface area contributed by atoms with Crippen LogP contribution in [0.2, 0.25) is 0 Å². The fraction of sp³-hybridized carbons (Fsp3) is 0.367. The number of nitrogens with two attached hydrogens (primary N) is 3. The number of aliphatic hydroxyl groups is 1. The van der Waals surface area contributed by atoms with E-state index in [1.165, 1.54) is 31.2 Å². The van der Waals surface area contributed by atoms with Gasteiger partial charge < -0.3 is 53.5 Å². The molecular formula is C30H40N8O7. The minimum absolute atomic E-state index is 0.00888. The van der Waals surface area contributed by atoms with Gasteiger partial charge in [0.25, 0.3) is 0 Å². The molecule has 13 N–H and O–H groups in total. The van der Waals surface area contributed by atoms with Crippen molar-refractivity contribution >= 4 is 40.6 Å². The molecule has 0 radical (unpaired) electrons. The molecule has 3 amide bonds. The largest absolute Gasteiger partial charge is 0.508 e. The van der Waals surface area contributed by atoms with Gasteiger partial charge in [-0.05, 0) is 55.5 Å². The van der Waals surface area contributed by atoms with Crippen LogP contribution in [0.25, 0.3) is 10.9 Å². The van der Waals surface area contributed by atoms with Crippen LogP contribution in [-0.4, -0.2) is 86.8 Å². The number of carbonyl (C=O) groups excluding carboxylic acids is 3. The number of phenols is 1. The number of guanidine groups is 1. The predicted molar refractivity (Wildman–Crippen MR) is 167 cm³/mol. The number of aliphatic carboxylic acids is 1. The number of para-hydroxylation sites is 1. The number of aliphatic hydroxyl groups excluding tert-OH is 1. The molecule has 15 nitrogen and oxygen atoms in total. The van der Waals surface area contributed by atoms with E-state index in [9.17, 15) is 34.5 Å². The summed E-state index contributed by atoms with van der Waals surface area (Å²) in [5.41, 5.74) is 19.2. The minimum Gasteiger partial charge on any atom is -0.508 e. The summed E-state index contributed by atoms with van der Waals surface area (Å²) in [6.45, 7) is 1.41. The molecule has 0 saturated carbocycles. The molecule has 3 rings (SSSR count). The Balaban J connectivity index is 1.71. The van der Waals surface area contributed by atoms with Crippen LogP contribution in [0.4, 0.5) is 0 Å². The van der Waals surface area contributed by atoms with Gasteiger partial charge >= 0.3 is 5.97 Å². The number of amides is 3. The van der Waals surface area contributed by atoms with Crippen molar-refractivity contribution in [2.75, 3.05) is 6.54 Å². The van der Waals surface area contributed by atoms with E-state index < -0.39 is 54.0 Å². The maximum absolute atomic E-state index is 13.4. The molecule has 0 spiro atoms. The fourth-order valence-corrected chi connectivity index (χ4v) is 4.67. The predicted octanol–water partition coefficient (Wildman–Crippen LogP) is -1.04. The van der Waals surface area contributed by atoms with Crippen molar-refractivity contribution in [1.29, 1.82) is 0 Å². The number of hydrogen-bond donors (Lipinski definition) is 10. The topological polar surface area (TPSA) is 271 Å². The van der Waals surface area contributed by atoms with Crippen molar-refractivity contribution in [3.63, 3.8) is 0 Å². The molecule has 0 aliphatic rings. The number of aliphatic imine (C=N–C) groups is 1. The summed E-state index contributed by atoms with van der Waals surface area (Å²) in [5, 5.41) is 37.8. The van der Waals surface area contributed by atoms with Crippen LogP contribution in [0.5, 0.6) is 5.75 Å². The molecule has 0 aliphatic heterocycles. The van der Waals surface area contributed by atoms with E-state index in [1.54, 1.807) is 6.20 Å². The minimum atomic E-state index is -1.56. The van der Waals surface area contributed by atoms with Crippen molar-refractivity contribution in [1.82, 2.24) is 20.9 Å². The van der Waals surface area contributed by atoms with E-state index >= 15 is 0 Å². The number of nitrogens with one attached hydrogen (secondary N) is 4. The highest BCUT2D eigenvalue weighted by Crippen LogP contribution is 2.19. The van der Waals surface area contributed by atoms with Gasteiger partial charge in [0, 0.05) is 30.1 Å². The summed E-state index contributed by atoms with van der Waals surface area (Å²) >= 11 is 0. The summed E-state index contributed by atoms with van der Waals surface area (Å²) in [7, 11) is 0. The highest BCUT2D eigenvalue weighted by Gasteiger charge is 2.33. The number of H-pyrrole nitrogens is 1. The number of aromatic nitrogens is 1. The lowest BCUT2D eigenvalue weighted by atomic mass is 10.0. The van der Waals surface area contributed by atoms with Crippen LogP contribution in [0.15, 0.2) is 59.7 Å². The number of aromatic hydroxyl groups is 1. The zero-order valence-corrected chi connectivity index (χ0v) is 24.8. The van der Waals surface area contributed by atoms with E-state index in [0.29, 0.717) is 5.56 Å². The number of carbonyl (C=O) groups is 4. The Morgan fingerprint density at radius 3 is 2.22 bits per heavy atom. The lowest BCUT2D eigenvalue weighted by molar-refractivity contribution is -0.143. The van der Waals surface area contributed by atoms with Gasteiger partial charge in [0.15, 0.2) is 5.96 Å². The van der Waals surface area contributed by atoms with Gasteiger partial charge in [-0.3, -0.25) is 19.4 Å². The molecule has 5 unspecified atom stereocenters. The first-order valence-corrected chi connectivity index (χ1v) is 14.3. The maximum atomic E-state index is 13.4. The van der Waals surface area contributed by atoms with E-state index in [2.05, 4.69) is 25.9 Å². The third kappa shape index (κ3) is 10.2. The quantitative estimate of drug-likeness (QED) is 0.0525. The van der Waals surface area contributed by atoms with Gasteiger partial charge in [0.2, 0.25) is 17.7 Å². The van der Waals surface area contributed by atoms with Gasteiger partial charge in [-0.1, -0.05) is 30.3 Å². The Bertz CT molecular complexity index is 1500. The second kappa shape index (κ2) is 16.1. The van der Waals surface area contributed by atoms with Crippen molar-refractivity contribution in [3.8, 4) is 5.75 Å². The zero-order valence-electron chi connectivity index (χ0n) is 24.8. The van der Waals surface area contributed by atoms with Crippen molar-refractivity contribution < 1.29 is 34.5 Å². The van der Waals surface area contributed by atoms with Crippen LogP contribution < -0.4 is 33.2 Å². The smallest absolute Gasteiger partial charge is 0.326 e. The first kappa shape index (κ1) is 34.3. The number of phenolic OH excluding ortho intramolecular Hbond substituents is 1. The monoisotopic (exact) mass is 624 g/mol. The van der Waals surface area contributed by atoms with E-state index in [-0.39, 0.29) is 43.9 Å². The van der Waals surface area contributed by atoms with Crippen LogP contribution in [0.3, 0.4) is 0 Å². The summed E-state index contributed by atoms with van der Waals surface area (Å²) in [4.78, 5) is 58.5. The summed E-state index contributed by atoms with van der Waals surface area (Å²) < 4.78 is 0. The summed E-state index contributed by atoms with van der Waals surface area (Å²) in [6, 6.07) is 8.11. The number of carboxylic acids is 1. The third-order valence-corrected chi connectivity index (χ3v) is 7.08. The van der Waals surface area contributed by atoms with Gasteiger partial charge in [-0.25, -0.2) is 4.79 Å². The number of carboxylic acid groups (broad SMARTS) is 1. The van der Waals surface area contributed by atoms with Crippen LogP contribution in [0.1, 0.15) is 30.9 Å². The van der Waals surface area contributed by atoms with Gasteiger partial charge in [0.05, 0.1) is 12.1 Å². The highest BCUT2D eigenvalue weighted by atomic mass is 16.4. The van der Waals surface area contributed by atoms with Gasteiger partial charge in [-0.15, -0.1) is 0 Å². The van der Waals surface area contributed by atoms with E-state index in [0.717, 1.165) is 16.5 Å². The SMILES string of the molecule is CC(O)C(NC(=O)C(CCCN=C(N)N)NC(=O)C(N)Cc1c[nH]c2ccccc12)C(=O)NC(Cc1ccc(O)cc1)C(=O)O. The molecule has 0 fully saturated rings. The van der Waals surface area contributed by atoms with E-state index in [1.807, 2.05) is 24.3 Å². The second-order valence-corrected chi connectivity index (χ2v) is 10.7. The number of rotatable bonds is 16. The normalized spacial score (nSPS) is 14.4. The molecule has 1 aromatic heterocycles. The molecule has 0 bridgehead atoms.